The van der Waals surface area contributed by atoms with Crippen molar-refractivity contribution in [2.45, 2.75) is 27.7 Å². The maximum Gasteiger partial charge on any atom is 0.251 e. The Kier molecular flexibility index (Phi) is 9.88. The zero-order chi connectivity index (χ0) is 11.6. The van der Waals surface area contributed by atoms with Crippen molar-refractivity contribution >= 4 is 6.16 Å². The highest BCUT2D eigenvalue weighted by molar-refractivity contribution is 5.53. The molecule has 14 heavy (non-hydrogen) atoms. The number of ether oxygens (including phenoxy) is 1. The predicted octanol–water partition coefficient (Wildman–Crippen LogP) is 0.859. The fourth-order valence-corrected chi connectivity index (χ4v) is 1.34. The van der Waals surface area contributed by atoms with Gasteiger partial charge in [0.2, 0.25) is 0 Å². The Labute approximate surface area is 87.1 Å². The van der Waals surface area contributed by atoms with Crippen LogP contribution in [0.15, 0.2) is 0 Å². The van der Waals surface area contributed by atoms with E-state index < -0.39 is 6.16 Å². The average Bonchev–Trinajstić information content (AvgIpc) is 2.23. The van der Waals surface area contributed by atoms with E-state index in [1.54, 1.807) is 0 Å². The molecule has 86 valence electrons. The van der Waals surface area contributed by atoms with Gasteiger partial charge in [-0.25, -0.2) is 0 Å². The zero-order valence-electron chi connectivity index (χ0n) is 10.0. The van der Waals surface area contributed by atoms with Gasteiger partial charge in [0, 0.05) is 7.11 Å². The van der Waals surface area contributed by atoms with Gasteiger partial charge in [0.05, 0.1) is 26.2 Å². The number of nitrogens with zero attached hydrogens (tertiary/aromatic N) is 1. The van der Waals surface area contributed by atoms with Crippen molar-refractivity contribution in [1.82, 2.24) is 0 Å². The second-order valence-corrected chi connectivity index (χ2v) is 3.06. The Morgan fingerprint density at radius 1 is 1.07 bits per heavy atom. The summed E-state index contributed by atoms with van der Waals surface area (Å²) < 4.78 is 4.83. The average molecular weight is 205 g/mol. The van der Waals surface area contributed by atoms with E-state index in [-0.39, 0.29) is 0 Å². The van der Waals surface area contributed by atoms with E-state index in [0.717, 1.165) is 7.11 Å². The van der Waals surface area contributed by atoms with E-state index in [1.165, 1.54) is 30.7 Å². The summed E-state index contributed by atoms with van der Waals surface area (Å²) in [5.74, 6) is 0. The molecule has 0 fully saturated rings. The van der Waals surface area contributed by atoms with Gasteiger partial charge in [-0.1, -0.05) is 0 Å². The molecule has 0 N–H and O–H groups in total. The van der Waals surface area contributed by atoms with E-state index >= 15 is 0 Å². The molecular weight excluding hydrogens is 182 g/mol. The summed E-state index contributed by atoms with van der Waals surface area (Å²) in [4.78, 5) is 9.03. The normalized spacial score (nSPS) is 10.1. The number of methoxy groups -OCH3 is 1. The van der Waals surface area contributed by atoms with Crippen LogP contribution in [0.4, 0.5) is 4.79 Å². The lowest BCUT2D eigenvalue weighted by Gasteiger charge is -2.34. The van der Waals surface area contributed by atoms with E-state index in [9.17, 15) is 0 Å². The summed E-state index contributed by atoms with van der Waals surface area (Å²) >= 11 is 0. The number of rotatable bonds is 4. The minimum atomic E-state index is -1.50. The molecule has 4 nitrogen and oxygen atoms in total. The van der Waals surface area contributed by atoms with Gasteiger partial charge in [0.25, 0.3) is 6.16 Å². The van der Waals surface area contributed by atoms with E-state index in [2.05, 4.69) is 32.4 Å². The third-order valence-corrected chi connectivity index (χ3v) is 2.85. The molecule has 0 heterocycles. The molecule has 0 spiro atoms. The third-order valence-electron chi connectivity index (χ3n) is 2.85. The van der Waals surface area contributed by atoms with Crippen LogP contribution in [0.25, 0.3) is 0 Å². The highest BCUT2D eigenvalue weighted by Gasteiger charge is 2.16. The molecule has 0 saturated heterocycles. The molecule has 4 heteroatoms. The molecule has 0 aliphatic heterocycles. The lowest BCUT2D eigenvalue weighted by Crippen LogP contribution is -2.47. The number of hydrogen-bond donors (Lipinski definition) is 0. The first-order chi connectivity index (χ1) is 6.51. The lowest BCUT2D eigenvalue weighted by molar-refractivity contribution is -0.921. The molecule has 0 rings (SSSR count). The van der Waals surface area contributed by atoms with Crippen molar-refractivity contribution in [2.24, 2.45) is 0 Å². The molecule has 0 aromatic carbocycles. The second kappa shape index (κ2) is 8.81. The summed E-state index contributed by atoms with van der Waals surface area (Å²) in [5, 5.41) is 9.03. The van der Waals surface area contributed by atoms with E-state index in [4.69, 9.17) is 9.90 Å². The van der Waals surface area contributed by atoms with Crippen LogP contribution in [-0.4, -0.2) is 43.9 Å². The monoisotopic (exact) mass is 205 g/mol. The van der Waals surface area contributed by atoms with Crippen LogP contribution in [0, 0.1) is 0 Å². The third kappa shape index (κ3) is 6.71. The molecule has 0 bridgehead atoms. The molecule has 0 saturated carbocycles. The maximum atomic E-state index is 9.03. The molecule has 0 unspecified atom stereocenters. The first-order valence-corrected chi connectivity index (χ1v) is 5.11. The van der Waals surface area contributed by atoms with Crippen LogP contribution < -0.4 is 5.11 Å². The Morgan fingerprint density at radius 2 is 1.29 bits per heavy atom. The quantitative estimate of drug-likeness (QED) is 0.505. The SMILES string of the molecule is CC[N+](CC)(CC)CC.COC(=O)[O-]. The maximum absolute atomic E-state index is 9.03. The minimum absolute atomic E-state index is 1.04. The molecule has 0 amide bonds. The first-order valence-electron chi connectivity index (χ1n) is 5.11. The van der Waals surface area contributed by atoms with Crippen molar-refractivity contribution in [3.63, 3.8) is 0 Å². The molecular formula is C10H23NO3. The second-order valence-electron chi connectivity index (χ2n) is 3.06. The molecule has 0 aromatic heterocycles. The van der Waals surface area contributed by atoms with Crippen LogP contribution >= 0.6 is 0 Å². The smallest absolute Gasteiger partial charge is 0.251 e. The molecule has 0 aromatic rings. The highest BCUT2D eigenvalue weighted by Crippen LogP contribution is 2.03. The molecule has 0 atom stereocenters. The molecule has 0 aliphatic rings. The standard InChI is InChI=1S/C8H20N.C2H4O3/c1-5-9(6-2,7-3)8-4;1-5-2(3)4/h5-8H2,1-4H3;1H3,(H,3,4)/q+1;/p-1. The van der Waals surface area contributed by atoms with E-state index in [0.29, 0.717) is 0 Å². The Hall–Kier alpha value is -0.770. The molecule has 0 radical (unpaired) electrons. The summed E-state index contributed by atoms with van der Waals surface area (Å²) in [5.41, 5.74) is 0. The summed E-state index contributed by atoms with van der Waals surface area (Å²) in [6.45, 7) is 14.2. The lowest BCUT2D eigenvalue weighted by atomic mass is 10.3. The predicted molar refractivity (Wildman–Crippen MR) is 54.8 cm³/mol. The number of carboxylic acid groups (broad SMARTS) is 1. The minimum Gasteiger partial charge on any atom is -0.553 e. The summed E-state index contributed by atoms with van der Waals surface area (Å²) in [6, 6.07) is 0. The van der Waals surface area contributed by atoms with Crippen molar-refractivity contribution in [2.75, 3.05) is 33.3 Å². The van der Waals surface area contributed by atoms with Crippen molar-refractivity contribution in [3.8, 4) is 0 Å². The number of carbonyl (C=O) groups excluding carboxylic acids is 1. The summed E-state index contributed by atoms with van der Waals surface area (Å²) in [7, 11) is 1.04. The van der Waals surface area contributed by atoms with Gasteiger partial charge in [-0.3, -0.25) is 0 Å². The van der Waals surface area contributed by atoms with Crippen LogP contribution in [0.5, 0.6) is 0 Å². The fraction of sp³-hybridized carbons (Fsp3) is 0.900. The highest BCUT2D eigenvalue weighted by atomic mass is 16.6. The van der Waals surface area contributed by atoms with Gasteiger partial charge in [0.15, 0.2) is 0 Å². The van der Waals surface area contributed by atoms with Gasteiger partial charge in [0.1, 0.15) is 0 Å². The number of quaternary nitrogens is 1. The molecule has 0 aliphatic carbocycles. The largest absolute Gasteiger partial charge is 0.553 e. The van der Waals surface area contributed by atoms with Crippen LogP contribution in [-0.2, 0) is 4.74 Å². The van der Waals surface area contributed by atoms with E-state index in [1.807, 2.05) is 0 Å². The van der Waals surface area contributed by atoms with Gasteiger partial charge in [-0.15, -0.1) is 0 Å². The first kappa shape index (κ1) is 15.7. The number of hydrogen-bond acceptors (Lipinski definition) is 3. The van der Waals surface area contributed by atoms with Gasteiger partial charge in [-0.05, 0) is 27.7 Å². The van der Waals surface area contributed by atoms with Crippen LogP contribution in [0.2, 0.25) is 0 Å². The van der Waals surface area contributed by atoms with Gasteiger partial charge in [-0.2, -0.15) is 0 Å². The zero-order valence-corrected chi connectivity index (χ0v) is 10.0. The van der Waals surface area contributed by atoms with Crippen molar-refractivity contribution in [1.29, 1.82) is 0 Å². The van der Waals surface area contributed by atoms with Crippen molar-refractivity contribution < 1.29 is 19.1 Å². The topological polar surface area (TPSA) is 49.4 Å². The van der Waals surface area contributed by atoms with Gasteiger partial charge < -0.3 is 19.1 Å². The Bertz CT molecular complexity index is 127. The Morgan fingerprint density at radius 3 is 1.29 bits per heavy atom. The Balaban J connectivity index is 0. The number of carbonyl (C=O) groups is 1. The summed E-state index contributed by atoms with van der Waals surface area (Å²) in [6.07, 6.45) is -1.50. The van der Waals surface area contributed by atoms with Crippen LogP contribution in [0.1, 0.15) is 27.7 Å². The van der Waals surface area contributed by atoms with Crippen molar-refractivity contribution in [3.05, 3.63) is 0 Å². The fourth-order valence-electron chi connectivity index (χ4n) is 1.34. The van der Waals surface area contributed by atoms with Crippen LogP contribution in [0.3, 0.4) is 0 Å². The van der Waals surface area contributed by atoms with Gasteiger partial charge >= 0.3 is 0 Å².